The van der Waals surface area contributed by atoms with Crippen molar-refractivity contribution in [2.75, 3.05) is 26.3 Å². The molecule has 2 saturated heterocycles. The Labute approximate surface area is 163 Å². The van der Waals surface area contributed by atoms with Crippen LogP contribution in [0, 0.1) is 5.92 Å². The summed E-state index contributed by atoms with van der Waals surface area (Å²) in [6.07, 6.45) is 12.2. The maximum atomic E-state index is 13.2. The van der Waals surface area contributed by atoms with Crippen molar-refractivity contribution in [2.24, 2.45) is 5.92 Å². The van der Waals surface area contributed by atoms with Gasteiger partial charge < -0.3 is 4.74 Å². The van der Waals surface area contributed by atoms with Crippen LogP contribution >= 0.6 is 0 Å². The van der Waals surface area contributed by atoms with E-state index in [1.165, 1.54) is 30.0 Å². The smallest absolute Gasteiger partial charge is 0.266 e. The third-order valence-electron chi connectivity index (χ3n) is 5.78. The molecule has 2 rings (SSSR count). The van der Waals surface area contributed by atoms with E-state index in [2.05, 4.69) is 19.1 Å². The van der Waals surface area contributed by atoms with Crippen LogP contribution in [0.1, 0.15) is 64.7 Å². The molecule has 27 heavy (non-hydrogen) atoms. The number of nitrogens with one attached hydrogen (secondary N) is 1. The quantitative estimate of drug-likeness (QED) is 0.267. The molecule has 0 bridgehead atoms. The van der Waals surface area contributed by atoms with Gasteiger partial charge in [-0.05, 0) is 31.6 Å². The molecule has 0 aromatic carbocycles. The molecular formula is C19H34N2O5S. The summed E-state index contributed by atoms with van der Waals surface area (Å²) in [5.74, 6) is -0.458. The Morgan fingerprint density at radius 1 is 1.22 bits per heavy atom. The van der Waals surface area contributed by atoms with Crippen LogP contribution in [-0.4, -0.2) is 54.9 Å². The van der Waals surface area contributed by atoms with Crippen LogP contribution < -0.4 is 5.48 Å². The first-order valence-electron chi connectivity index (χ1n) is 10.2. The SMILES string of the molecule is CCCCCCC=CC1CCN(S(=O)(=O)C2(C(=O)NO)CCOCC2)CC1. The molecule has 0 aromatic heterocycles. The van der Waals surface area contributed by atoms with E-state index in [-0.39, 0.29) is 26.1 Å². The number of allylic oxidation sites excluding steroid dienone is 2. The number of piperidine rings is 1. The number of hydrogen-bond acceptors (Lipinski definition) is 5. The molecule has 0 aromatic rings. The van der Waals surface area contributed by atoms with Crippen molar-refractivity contribution in [3.63, 3.8) is 0 Å². The second-order valence-corrected chi connectivity index (χ2v) is 9.81. The van der Waals surface area contributed by atoms with Gasteiger partial charge in [-0.2, -0.15) is 0 Å². The first-order valence-corrected chi connectivity index (χ1v) is 11.6. The molecule has 156 valence electrons. The standard InChI is InChI=1S/C19H34N2O5S/c1-2-3-4-5-6-7-8-17-9-13-21(14-10-17)27(24,25)19(18(22)20-23)11-15-26-16-12-19/h7-8,17,23H,2-6,9-16H2,1H3,(H,20,22). The number of rotatable bonds is 9. The lowest BCUT2D eigenvalue weighted by Crippen LogP contribution is -2.60. The zero-order valence-corrected chi connectivity index (χ0v) is 17.2. The zero-order valence-electron chi connectivity index (χ0n) is 16.4. The van der Waals surface area contributed by atoms with E-state index in [9.17, 15) is 13.2 Å². The fourth-order valence-electron chi connectivity index (χ4n) is 3.94. The predicted octanol–water partition coefficient (Wildman–Crippen LogP) is 2.61. The normalized spacial score (nSPS) is 22.1. The fourth-order valence-corrected chi connectivity index (χ4v) is 6.09. The number of hydrogen-bond donors (Lipinski definition) is 2. The van der Waals surface area contributed by atoms with Crippen LogP contribution in [0.5, 0.6) is 0 Å². The van der Waals surface area contributed by atoms with Gasteiger partial charge in [-0.3, -0.25) is 10.0 Å². The van der Waals surface area contributed by atoms with Crippen molar-refractivity contribution < 1.29 is 23.2 Å². The van der Waals surface area contributed by atoms with E-state index in [4.69, 9.17) is 9.94 Å². The van der Waals surface area contributed by atoms with E-state index in [1.807, 2.05) is 0 Å². The molecule has 1 amide bonds. The van der Waals surface area contributed by atoms with Crippen molar-refractivity contribution in [1.82, 2.24) is 9.79 Å². The van der Waals surface area contributed by atoms with Crippen molar-refractivity contribution >= 4 is 15.9 Å². The Hall–Kier alpha value is -0.960. The maximum Gasteiger partial charge on any atom is 0.266 e. The topological polar surface area (TPSA) is 95.9 Å². The third-order valence-corrected chi connectivity index (χ3v) is 8.41. The Morgan fingerprint density at radius 2 is 1.89 bits per heavy atom. The summed E-state index contributed by atoms with van der Waals surface area (Å²) in [5, 5.41) is 9.10. The van der Waals surface area contributed by atoms with Crippen LogP contribution in [0.3, 0.4) is 0 Å². The van der Waals surface area contributed by atoms with Crippen LogP contribution in [0.25, 0.3) is 0 Å². The van der Waals surface area contributed by atoms with Crippen LogP contribution in [-0.2, 0) is 19.6 Å². The minimum absolute atomic E-state index is 0.0688. The number of amides is 1. The Kier molecular flexibility index (Phi) is 8.72. The summed E-state index contributed by atoms with van der Waals surface area (Å²) in [4.78, 5) is 12.3. The average Bonchev–Trinajstić information content (AvgIpc) is 2.70. The first kappa shape index (κ1) is 22.3. The molecule has 0 unspecified atom stereocenters. The van der Waals surface area contributed by atoms with Gasteiger partial charge in [0.05, 0.1) is 0 Å². The summed E-state index contributed by atoms with van der Waals surface area (Å²) in [7, 11) is -3.86. The summed E-state index contributed by atoms with van der Waals surface area (Å²) >= 11 is 0. The summed E-state index contributed by atoms with van der Waals surface area (Å²) in [6, 6.07) is 0. The van der Waals surface area contributed by atoms with Crippen molar-refractivity contribution in [2.45, 2.75) is 69.5 Å². The molecular weight excluding hydrogens is 368 g/mol. The molecule has 8 heteroatoms. The van der Waals surface area contributed by atoms with Crippen LogP contribution in [0.2, 0.25) is 0 Å². The van der Waals surface area contributed by atoms with Crippen LogP contribution in [0.4, 0.5) is 0 Å². The molecule has 0 atom stereocenters. The zero-order chi connectivity index (χ0) is 19.8. The number of hydroxylamine groups is 1. The van der Waals surface area contributed by atoms with E-state index in [0.717, 1.165) is 19.3 Å². The molecule has 2 N–H and O–H groups in total. The summed E-state index contributed by atoms with van der Waals surface area (Å²) in [5.41, 5.74) is 1.57. The number of sulfonamides is 1. The molecule has 2 heterocycles. The maximum absolute atomic E-state index is 13.2. The highest BCUT2D eigenvalue weighted by Crippen LogP contribution is 2.35. The molecule has 2 aliphatic rings. The van der Waals surface area contributed by atoms with E-state index >= 15 is 0 Å². The Morgan fingerprint density at radius 3 is 2.48 bits per heavy atom. The third kappa shape index (κ3) is 5.31. The van der Waals surface area contributed by atoms with Gasteiger partial charge in [0.2, 0.25) is 10.0 Å². The minimum atomic E-state index is -3.86. The van der Waals surface area contributed by atoms with Gasteiger partial charge in [-0.25, -0.2) is 18.2 Å². The lowest BCUT2D eigenvalue weighted by atomic mass is 9.97. The number of carbonyl (C=O) groups is 1. The first-order chi connectivity index (χ1) is 13.0. The van der Waals surface area contributed by atoms with Gasteiger partial charge in [0.25, 0.3) is 5.91 Å². The number of carbonyl (C=O) groups excluding carboxylic acids is 1. The van der Waals surface area contributed by atoms with Gasteiger partial charge in [-0.1, -0.05) is 38.3 Å². The molecule has 7 nitrogen and oxygen atoms in total. The minimum Gasteiger partial charge on any atom is -0.381 e. The average molecular weight is 403 g/mol. The molecule has 2 aliphatic heterocycles. The van der Waals surface area contributed by atoms with Gasteiger partial charge in [0, 0.05) is 39.1 Å². The second kappa shape index (κ2) is 10.5. The fraction of sp³-hybridized carbons (Fsp3) is 0.842. The second-order valence-electron chi connectivity index (χ2n) is 7.57. The van der Waals surface area contributed by atoms with Gasteiger partial charge in [-0.15, -0.1) is 0 Å². The summed E-state index contributed by atoms with van der Waals surface area (Å²) in [6.45, 7) is 3.42. The Balaban J connectivity index is 1.93. The highest BCUT2D eigenvalue weighted by atomic mass is 32.2. The molecule has 0 spiro atoms. The monoisotopic (exact) mass is 402 g/mol. The predicted molar refractivity (Wildman–Crippen MR) is 104 cm³/mol. The Bertz CT molecular complexity index is 591. The van der Waals surface area contributed by atoms with Gasteiger partial charge in [0.1, 0.15) is 0 Å². The molecule has 0 aliphatic carbocycles. The lowest BCUT2D eigenvalue weighted by molar-refractivity contribution is -0.134. The summed E-state index contributed by atoms with van der Waals surface area (Å²) < 4.78 is 31.5. The number of unbranched alkanes of at least 4 members (excludes halogenated alkanes) is 4. The number of ether oxygens (including phenoxy) is 1. The van der Waals surface area contributed by atoms with Crippen molar-refractivity contribution in [3.05, 3.63) is 12.2 Å². The number of nitrogens with zero attached hydrogens (tertiary/aromatic N) is 1. The van der Waals surface area contributed by atoms with Crippen molar-refractivity contribution in [3.8, 4) is 0 Å². The van der Waals surface area contributed by atoms with Crippen LogP contribution in [0.15, 0.2) is 12.2 Å². The van der Waals surface area contributed by atoms with Crippen molar-refractivity contribution in [1.29, 1.82) is 0 Å². The van der Waals surface area contributed by atoms with E-state index < -0.39 is 20.7 Å². The van der Waals surface area contributed by atoms with Gasteiger partial charge >= 0.3 is 0 Å². The van der Waals surface area contributed by atoms with Gasteiger partial charge in [0.15, 0.2) is 4.75 Å². The largest absolute Gasteiger partial charge is 0.381 e. The molecule has 2 fully saturated rings. The highest BCUT2D eigenvalue weighted by Gasteiger charge is 2.54. The molecule has 0 radical (unpaired) electrons. The lowest BCUT2D eigenvalue weighted by Gasteiger charge is -2.40. The van der Waals surface area contributed by atoms with E-state index in [0.29, 0.717) is 19.0 Å². The van der Waals surface area contributed by atoms with E-state index in [1.54, 1.807) is 5.48 Å². The molecule has 0 saturated carbocycles. The highest BCUT2D eigenvalue weighted by molar-refractivity contribution is 7.91.